The van der Waals surface area contributed by atoms with Crippen LogP contribution < -0.4 is 9.64 Å². The minimum Gasteiger partial charge on any atom is -0.482 e. The van der Waals surface area contributed by atoms with Gasteiger partial charge in [-0.3, -0.25) is 0 Å². The number of rotatable bonds is 7. The van der Waals surface area contributed by atoms with Gasteiger partial charge in [0.25, 0.3) is 6.01 Å². The molecule has 1 heterocycles. The molecule has 172 valence electrons. The zero-order chi connectivity index (χ0) is 23.5. The fourth-order valence-corrected chi connectivity index (χ4v) is 4.55. The maximum absolute atomic E-state index is 10.9. The van der Waals surface area contributed by atoms with Crippen LogP contribution in [0, 0.1) is 0 Å². The molecule has 6 nitrogen and oxygen atoms in total. The van der Waals surface area contributed by atoms with Crippen LogP contribution in [0.25, 0.3) is 22.6 Å². The van der Waals surface area contributed by atoms with Gasteiger partial charge in [-0.25, -0.2) is 4.79 Å². The number of aromatic nitrogens is 1. The van der Waals surface area contributed by atoms with Crippen LogP contribution in [0.2, 0.25) is 0 Å². The van der Waals surface area contributed by atoms with Gasteiger partial charge in [-0.2, -0.15) is 4.98 Å². The van der Waals surface area contributed by atoms with Crippen LogP contribution in [0.5, 0.6) is 5.75 Å². The number of carboxylic acid groups (broad SMARTS) is 1. The van der Waals surface area contributed by atoms with Crippen molar-refractivity contribution in [3.05, 3.63) is 90.0 Å². The van der Waals surface area contributed by atoms with Crippen LogP contribution in [-0.4, -0.2) is 35.8 Å². The summed E-state index contributed by atoms with van der Waals surface area (Å²) in [6.45, 7) is -0.333. The summed E-state index contributed by atoms with van der Waals surface area (Å²) in [5, 5.41) is 8.96. The van der Waals surface area contributed by atoms with E-state index in [4.69, 9.17) is 19.2 Å². The van der Waals surface area contributed by atoms with Crippen molar-refractivity contribution in [1.82, 2.24) is 4.98 Å². The van der Waals surface area contributed by atoms with Crippen LogP contribution in [0.3, 0.4) is 0 Å². The first kappa shape index (κ1) is 21.8. The van der Waals surface area contributed by atoms with Crippen molar-refractivity contribution in [2.75, 3.05) is 18.6 Å². The number of aliphatic carboxylic acids is 1. The minimum atomic E-state index is -0.974. The zero-order valence-electron chi connectivity index (χ0n) is 19.0. The summed E-state index contributed by atoms with van der Waals surface area (Å²) in [6, 6.07) is 26.8. The SMILES string of the molecule is CN(c1nc(-c2ccccc2)c(-c2ccccc2)o1)C1CCc2c(cccc2OCC(=O)O)C1. The Morgan fingerprint density at radius 2 is 1.74 bits per heavy atom. The lowest BCUT2D eigenvalue weighted by Crippen LogP contribution is -2.36. The molecule has 1 aliphatic rings. The van der Waals surface area contributed by atoms with Crippen molar-refractivity contribution < 1.29 is 19.1 Å². The van der Waals surface area contributed by atoms with Gasteiger partial charge in [0.05, 0.1) is 0 Å². The number of nitrogens with zero attached hydrogens (tertiary/aromatic N) is 2. The van der Waals surface area contributed by atoms with E-state index in [1.165, 1.54) is 5.56 Å². The third-order valence-electron chi connectivity index (χ3n) is 6.31. The number of fused-ring (bicyclic) bond motifs is 1. The average molecular weight is 455 g/mol. The van der Waals surface area contributed by atoms with Gasteiger partial charge in [0.1, 0.15) is 11.4 Å². The van der Waals surface area contributed by atoms with Crippen LogP contribution >= 0.6 is 0 Å². The molecule has 1 atom stereocenters. The molecule has 1 aromatic heterocycles. The third kappa shape index (κ3) is 4.39. The Balaban J connectivity index is 1.44. The molecule has 0 radical (unpaired) electrons. The Labute approximate surface area is 198 Å². The molecule has 0 amide bonds. The molecule has 0 spiro atoms. The van der Waals surface area contributed by atoms with Gasteiger partial charge in [0, 0.05) is 24.2 Å². The van der Waals surface area contributed by atoms with Crippen LogP contribution in [0.4, 0.5) is 6.01 Å². The highest BCUT2D eigenvalue weighted by Gasteiger charge is 2.28. The molecule has 34 heavy (non-hydrogen) atoms. The van der Waals surface area contributed by atoms with E-state index in [0.717, 1.165) is 47.4 Å². The molecular formula is C28H26N2O4. The molecule has 0 aliphatic heterocycles. The number of hydrogen-bond donors (Lipinski definition) is 1. The summed E-state index contributed by atoms with van der Waals surface area (Å²) in [4.78, 5) is 18.0. The summed E-state index contributed by atoms with van der Waals surface area (Å²) in [5.41, 5.74) is 5.09. The molecule has 1 aliphatic carbocycles. The van der Waals surface area contributed by atoms with Crippen molar-refractivity contribution in [2.45, 2.75) is 25.3 Å². The fourth-order valence-electron chi connectivity index (χ4n) is 4.55. The van der Waals surface area contributed by atoms with Gasteiger partial charge in [0.2, 0.25) is 0 Å². The second-order valence-corrected chi connectivity index (χ2v) is 8.49. The number of oxazole rings is 1. The monoisotopic (exact) mass is 454 g/mol. The molecule has 0 saturated heterocycles. The van der Waals surface area contributed by atoms with Crippen molar-refractivity contribution in [3.8, 4) is 28.3 Å². The van der Waals surface area contributed by atoms with E-state index in [2.05, 4.69) is 11.0 Å². The van der Waals surface area contributed by atoms with Crippen molar-refractivity contribution >= 4 is 12.0 Å². The number of carbonyl (C=O) groups is 1. The summed E-state index contributed by atoms with van der Waals surface area (Å²) in [7, 11) is 2.02. The van der Waals surface area contributed by atoms with Crippen LogP contribution in [0.15, 0.2) is 83.3 Å². The smallest absolute Gasteiger partial charge is 0.341 e. The van der Waals surface area contributed by atoms with Gasteiger partial charge in [-0.05, 0) is 36.5 Å². The van der Waals surface area contributed by atoms with Crippen LogP contribution in [-0.2, 0) is 17.6 Å². The van der Waals surface area contributed by atoms with E-state index in [1.807, 2.05) is 79.8 Å². The minimum absolute atomic E-state index is 0.202. The fraction of sp³-hybridized carbons (Fsp3) is 0.214. The zero-order valence-corrected chi connectivity index (χ0v) is 19.0. The number of ether oxygens (including phenoxy) is 1. The largest absolute Gasteiger partial charge is 0.482 e. The van der Waals surface area contributed by atoms with E-state index in [9.17, 15) is 4.79 Å². The number of anilines is 1. The highest BCUT2D eigenvalue weighted by molar-refractivity contribution is 5.78. The Kier molecular flexibility index (Phi) is 6.04. The summed E-state index contributed by atoms with van der Waals surface area (Å²) in [6.07, 6.45) is 2.50. The highest BCUT2D eigenvalue weighted by Crippen LogP contribution is 2.37. The number of benzene rings is 3. The molecule has 0 fully saturated rings. The maximum atomic E-state index is 10.9. The Morgan fingerprint density at radius 3 is 2.44 bits per heavy atom. The predicted octanol–water partition coefficient (Wildman–Crippen LogP) is 5.47. The van der Waals surface area contributed by atoms with E-state index in [0.29, 0.717) is 11.8 Å². The van der Waals surface area contributed by atoms with E-state index >= 15 is 0 Å². The summed E-state index contributed by atoms with van der Waals surface area (Å²) in [5.74, 6) is 0.447. The Bertz CT molecular complexity index is 1230. The van der Waals surface area contributed by atoms with Gasteiger partial charge in [-0.15, -0.1) is 0 Å². The molecule has 0 saturated carbocycles. The van der Waals surface area contributed by atoms with Crippen LogP contribution in [0.1, 0.15) is 17.5 Å². The van der Waals surface area contributed by atoms with E-state index in [-0.39, 0.29) is 12.6 Å². The maximum Gasteiger partial charge on any atom is 0.341 e. The van der Waals surface area contributed by atoms with Gasteiger partial charge in [-0.1, -0.05) is 72.8 Å². The van der Waals surface area contributed by atoms with Gasteiger partial charge < -0.3 is 19.2 Å². The van der Waals surface area contributed by atoms with Gasteiger partial charge >= 0.3 is 5.97 Å². The number of hydrogen-bond acceptors (Lipinski definition) is 5. The standard InChI is InChI=1S/C28H26N2O4/c1-30(22-15-16-23-21(17-22)13-8-14-24(23)33-18-25(31)32)28-29-26(19-9-4-2-5-10-19)27(34-28)20-11-6-3-7-12-20/h2-14,22H,15-18H2,1H3,(H,31,32). The lowest BCUT2D eigenvalue weighted by molar-refractivity contribution is -0.139. The molecule has 5 rings (SSSR count). The first-order valence-corrected chi connectivity index (χ1v) is 11.4. The second-order valence-electron chi connectivity index (χ2n) is 8.49. The Morgan fingerprint density at radius 1 is 1.03 bits per heavy atom. The third-order valence-corrected chi connectivity index (χ3v) is 6.31. The normalized spacial score (nSPS) is 14.9. The van der Waals surface area contributed by atoms with Gasteiger partial charge in [0.15, 0.2) is 12.4 Å². The average Bonchev–Trinajstić information content (AvgIpc) is 3.33. The number of likely N-dealkylation sites (N-methyl/N-ethyl adjacent to an activating group) is 1. The molecule has 6 heteroatoms. The lowest BCUT2D eigenvalue weighted by atomic mass is 9.87. The predicted molar refractivity (Wildman–Crippen MR) is 131 cm³/mol. The molecule has 1 unspecified atom stereocenters. The number of carboxylic acids is 1. The Hall–Kier alpha value is -4.06. The first-order chi connectivity index (χ1) is 16.6. The van der Waals surface area contributed by atoms with E-state index < -0.39 is 5.97 Å². The highest BCUT2D eigenvalue weighted by atomic mass is 16.5. The van der Waals surface area contributed by atoms with Crippen molar-refractivity contribution in [1.29, 1.82) is 0 Å². The molecule has 1 N–H and O–H groups in total. The first-order valence-electron chi connectivity index (χ1n) is 11.4. The second kappa shape index (κ2) is 9.43. The molecule has 4 aromatic rings. The van der Waals surface area contributed by atoms with E-state index in [1.54, 1.807) is 0 Å². The lowest BCUT2D eigenvalue weighted by Gasteiger charge is -2.32. The van der Waals surface area contributed by atoms with Crippen molar-refractivity contribution in [3.63, 3.8) is 0 Å². The topological polar surface area (TPSA) is 75.8 Å². The van der Waals surface area contributed by atoms with Crippen molar-refractivity contribution in [2.24, 2.45) is 0 Å². The summed E-state index contributed by atoms with van der Waals surface area (Å²) < 4.78 is 11.9. The molecular weight excluding hydrogens is 428 g/mol. The molecule has 3 aromatic carbocycles. The quantitative estimate of drug-likeness (QED) is 0.399. The molecule has 0 bridgehead atoms. The summed E-state index contributed by atoms with van der Waals surface area (Å²) >= 11 is 0.